The van der Waals surface area contributed by atoms with E-state index < -0.39 is 5.97 Å². The van der Waals surface area contributed by atoms with Crippen molar-refractivity contribution in [1.82, 2.24) is 4.90 Å². The molecule has 1 aromatic heterocycles. The van der Waals surface area contributed by atoms with Crippen molar-refractivity contribution in [2.75, 3.05) is 19.7 Å². The molecule has 5 heteroatoms. The van der Waals surface area contributed by atoms with Crippen molar-refractivity contribution in [2.45, 2.75) is 33.2 Å². The van der Waals surface area contributed by atoms with Crippen LogP contribution in [-0.2, 0) is 11.3 Å². The monoisotopic (exact) mass is 405 g/mol. The molecule has 0 bridgehead atoms. The second-order valence-corrected chi connectivity index (χ2v) is 7.91. The normalized spacial score (nSPS) is 15.4. The van der Waals surface area contributed by atoms with Crippen molar-refractivity contribution in [3.8, 4) is 0 Å². The van der Waals surface area contributed by atoms with Crippen molar-refractivity contribution >= 4 is 22.7 Å². The van der Waals surface area contributed by atoms with Crippen LogP contribution in [0.5, 0.6) is 0 Å². The summed E-state index contributed by atoms with van der Waals surface area (Å²) in [5, 5.41) is 0.943. The summed E-state index contributed by atoms with van der Waals surface area (Å²) in [6.45, 7) is 6.35. The number of Topliss-reactive ketones (excluding diaryl/α,β-unsaturated/α-hetero) is 1. The molecule has 0 radical (unpaired) electrons. The molecule has 1 fully saturated rings. The number of furan rings is 1. The van der Waals surface area contributed by atoms with Gasteiger partial charge in [-0.25, -0.2) is 4.79 Å². The maximum atomic E-state index is 12.8. The Morgan fingerprint density at radius 2 is 1.77 bits per heavy atom. The first-order valence-corrected chi connectivity index (χ1v) is 10.6. The van der Waals surface area contributed by atoms with Crippen LogP contribution in [0, 0.1) is 12.8 Å². The molecule has 2 heterocycles. The molecule has 1 aliphatic heterocycles. The molecule has 0 N–H and O–H groups in total. The first-order chi connectivity index (χ1) is 14.6. The largest absolute Gasteiger partial charge is 0.460 e. The summed E-state index contributed by atoms with van der Waals surface area (Å²) in [7, 11) is 0. The minimum Gasteiger partial charge on any atom is -0.460 e. The Hall–Kier alpha value is -2.92. The van der Waals surface area contributed by atoms with Gasteiger partial charge in [0.1, 0.15) is 5.58 Å². The predicted molar refractivity (Wildman–Crippen MR) is 116 cm³/mol. The Morgan fingerprint density at radius 1 is 1.07 bits per heavy atom. The van der Waals surface area contributed by atoms with Gasteiger partial charge in [-0.3, -0.25) is 9.69 Å². The summed E-state index contributed by atoms with van der Waals surface area (Å²) >= 11 is 0. The predicted octanol–water partition coefficient (Wildman–Crippen LogP) is 5.01. The Morgan fingerprint density at radius 3 is 2.47 bits per heavy atom. The van der Waals surface area contributed by atoms with Gasteiger partial charge in [-0.05, 0) is 45.8 Å². The zero-order valence-corrected chi connectivity index (χ0v) is 17.5. The Bertz CT molecular complexity index is 1040. The van der Waals surface area contributed by atoms with Gasteiger partial charge >= 0.3 is 5.97 Å². The van der Waals surface area contributed by atoms with Crippen LogP contribution in [0.25, 0.3) is 11.0 Å². The highest BCUT2D eigenvalue weighted by molar-refractivity contribution is 5.98. The molecule has 0 unspecified atom stereocenters. The standard InChI is InChI=1S/C25H27NO4/c1-3-29-25(28)24-21(20-6-4-5-7-22(20)30-24)16-26-14-12-19(13-15-26)23(27)18-10-8-17(2)9-11-18/h4-11,19H,3,12-16H2,1-2H3. The van der Waals surface area contributed by atoms with Gasteiger partial charge in [0, 0.05) is 29.0 Å². The van der Waals surface area contributed by atoms with Gasteiger partial charge < -0.3 is 9.15 Å². The molecule has 2 aromatic carbocycles. The molecule has 4 rings (SSSR count). The topological polar surface area (TPSA) is 59.8 Å². The number of piperidine rings is 1. The number of ether oxygens (including phenoxy) is 1. The quantitative estimate of drug-likeness (QED) is 0.426. The Labute approximate surface area is 176 Å². The maximum absolute atomic E-state index is 12.8. The molecule has 1 aliphatic rings. The summed E-state index contributed by atoms with van der Waals surface area (Å²) < 4.78 is 11.0. The SMILES string of the molecule is CCOC(=O)c1oc2ccccc2c1CN1CCC(C(=O)c2ccc(C)cc2)CC1. The van der Waals surface area contributed by atoms with Gasteiger partial charge in [-0.2, -0.15) is 0 Å². The van der Waals surface area contributed by atoms with E-state index in [1.54, 1.807) is 6.92 Å². The van der Waals surface area contributed by atoms with Crippen LogP contribution < -0.4 is 0 Å². The number of hydrogen-bond acceptors (Lipinski definition) is 5. The lowest BCUT2D eigenvalue weighted by atomic mass is 9.88. The van der Waals surface area contributed by atoms with Crippen LogP contribution in [-0.4, -0.2) is 36.3 Å². The number of rotatable bonds is 6. The van der Waals surface area contributed by atoms with E-state index in [1.165, 1.54) is 0 Å². The number of carbonyl (C=O) groups is 2. The average Bonchev–Trinajstić information content (AvgIpc) is 3.13. The third kappa shape index (κ3) is 4.17. The molecule has 0 aliphatic carbocycles. The van der Waals surface area contributed by atoms with Crippen molar-refractivity contribution < 1.29 is 18.7 Å². The van der Waals surface area contributed by atoms with E-state index in [0.717, 1.165) is 48.0 Å². The van der Waals surface area contributed by atoms with Crippen LogP contribution in [0.15, 0.2) is 52.9 Å². The van der Waals surface area contributed by atoms with E-state index >= 15 is 0 Å². The third-order valence-corrected chi connectivity index (χ3v) is 5.84. The molecule has 5 nitrogen and oxygen atoms in total. The second kappa shape index (κ2) is 8.84. The lowest BCUT2D eigenvalue weighted by molar-refractivity contribution is 0.0488. The molecule has 0 saturated carbocycles. The van der Waals surface area contributed by atoms with Gasteiger partial charge in [0.2, 0.25) is 5.76 Å². The van der Waals surface area contributed by atoms with Gasteiger partial charge in [-0.15, -0.1) is 0 Å². The zero-order chi connectivity index (χ0) is 21.1. The smallest absolute Gasteiger partial charge is 0.374 e. The van der Waals surface area contributed by atoms with Crippen LogP contribution in [0.4, 0.5) is 0 Å². The maximum Gasteiger partial charge on any atom is 0.374 e. The highest BCUT2D eigenvalue weighted by atomic mass is 16.5. The van der Waals surface area contributed by atoms with Gasteiger partial charge in [-0.1, -0.05) is 48.0 Å². The van der Waals surface area contributed by atoms with E-state index in [-0.39, 0.29) is 17.5 Å². The van der Waals surface area contributed by atoms with Gasteiger partial charge in [0.15, 0.2) is 5.78 Å². The third-order valence-electron chi connectivity index (χ3n) is 5.84. The molecular weight excluding hydrogens is 378 g/mol. The number of nitrogens with zero attached hydrogens (tertiary/aromatic N) is 1. The van der Waals surface area contributed by atoms with Crippen molar-refractivity contribution in [1.29, 1.82) is 0 Å². The Kier molecular flexibility index (Phi) is 6.00. The van der Waals surface area contributed by atoms with Crippen molar-refractivity contribution in [2.24, 2.45) is 5.92 Å². The number of para-hydroxylation sites is 1. The fourth-order valence-electron chi connectivity index (χ4n) is 4.15. The molecule has 3 aromatic rings. The first kappa shape index (κ1) is 20.4. The highest BCUT2D eigenvalue weighted by Crippen LogP contribution is 2.30. The van der Waals surface area contributed by atoms with Gasteiger partial charge in [0.25, 0.3) is 0 Å². The molecule has 30 heavy (non-hydrogen) atoms. The minimum absolute atomic E-state index is 0.0505. The fraction of sp³-hybridized carbons (Fsp3) is 0.360. The summed E-state index contributed by atoms with van der Waals surface area (Å²) in [6, 6.07) is 15.5. The second-order valence-electron chi connectivity index (χ2n) is 7.91. The highest BCUT2D eigenvalue weighted by Gasteiger charge is 2.28. The summed E-state index contributed by atoms with van der Waals surface area (Å²) in [5.41, 5.74) is 3.52. The molecular formula is C25H27NO4. The van der Waals surface area contributed by atoms with E-state index in [9.17, 15) is 9.59 Å². The van der Waals surface area contributed by atoms with Crippen LogP contribution in [0.1, 0.15) is 51.8 Å². The molecule has 0 spiro atoms. The lowest BCUT2D eigenvalue weighted by Crippen LogP contribution is -2.36. The van der Waals surface area contributed by atoms with Crippen LogP contribution in [0.2, 0.25) is 0 Å². The molecule has 0 amide bonds. The molecule has 1 saturated heterocycles. The number of ketones is 1. The number of benzene rings is 2. The first-order valence-electron chi connectivity index (χ1n) is 10.6. The molecule has 156 valence electrons. The number of fused-ring (bicyclic) bond motifs is 1. The van der Waals surface area contributed by atoms with Gasteiger partial charge in [0.05, 0.1) is 6.61 Å². The number of hydrogen-bond donors (Lipinski definition) is 0. The summed E-state index contributed by atoms with van der Waals surface area (Å²) in [4.78, 5) is 27.5. The van der Waals surface area contributed by atoms with Crippen molar-refractivity contribution in [3.63, 3.8) is 0 Å². The summed E-state index contributed by atoms with van der Waals surface area (Å²) in [5.74, 6) is 0.147. The van der Waals surface area contributed by atoms with E-state index in [4.69, 9.17) is 9.15 Å². The van der Waals surface area contributed by atoms with E-state index in [2.05, 4.69) is 4.90 Å². The summed E-state index contributed by atoms with van der Waals surface area (Å²) in [6.07, 6.45) is 1.63. The van der Waals surface area contributed by atoms with E-state index in [0.29, 0.717) is 18.7 Å². The van der Waals surface area contributed by atoms with Crippen LogP contribution in [0.3, 0.4) is 0 Å². The number of likely N-dealkylation sites (tertiary alicyclic amines) is 1. The van der Waals surface area contributed by atoms with Crippen molar-refractivity contribution in [3.05, 3.63) is 71.0 Å². The Balaban J connectivity index is 1.47. The van der Waals surface area contributed by atoms with Crippen LogP contribution >= 0.6 is 0 Å². The minimum atomic E-state index is -0.423. The van der Waals surface area contributed by atoms with E-state index in [1.807, 2.05) is 55.5 Å². The lowest BCUT2D eigenvalue weighted by Gasteiger charge is -2.31. The average molecular weight is 405 g/mol. The molecule has 0 atom stereocenters. The number of aryl methyl sites for hydroxylation is 1. The number of carbonyl (C=O) groups excluding carboxylic acids is 2. The number of esters is 1. The fourth-order valence-corrected chi connectivity index (χ4v) is 4.15. The zero-order valence-electron chi connectivity index (χ0n) is 17.5.